The second kappa shape index (κ2) is 3.94. The number of hydroxylamine groups is 3. The summed E-state index contributed by atoms with van der Waals surface area (Å²) in [4.78, 5) is 17.0. The van der Waals surface area contributed by atoms with Crippen LogP contribution in [0.1, 0.15) is 10.5 Å². The summed E-state index contributed by atoms with van der Waals surface area (Å²) in [6, 6.07) is 11.7. The Hall–Kier alpha value is -2.11. The van der Waals surface area contributed by atoms with E-state index in [2.05, 4.69) is 4.98 Å². The highest BCUT2D eigenvalue weighted by Crippen LogP contribution is 2.33. The normalized spacial score (nSPS) is 22.5. The van der Waals surface area contributed by atoms with E-state index in [9.17, 15) is 10.0 Å². The van der Waals surface area contributed by atoms with Crippen molar-refractivity contribution >= 4 is 11.6 Å². The van der Waals surface area contributed by atoms with E-state index in [1.54, 1.807) is 0 Å². The van der Waals surface area contributed by atoms with E-state index in [1.807, 2.05) is 48.3 Å². The molecule has 0 fully saturated rings. The smallest absolute Gasteiger partial charge is 0.365 e. The summed E-state index contributed by atoms with van der Waals surface area (Å²) in [5, 5.41) is 12.1. The van der Waals surface area contributed by atoms with Crippen molar-refractivity contribution in [2.45, 2.75) is 0 Å². The molecule has 0 aliphatic carbocycles. The van der Waals surface area contributed by atoms with Crippen molar-refractivity contribution in [3.63, 3.8) is 0 Å². The molecule has 5 nitrogen and oxygen atoms in total. The number of quaternary nitrogens is 1. The molecule has 2 heterocycles. The van der Waals surface area contributed by atoms with Gasteiger partial charge in [0, 0.05) is 12.7 Å². The number of aromatic amines is 1. The maximum atomic E-state index is 12.1. The van der Waals surface area contributed by atoms with Gasteiger partial charge in [-0.15, -0.1) is 0 Å². The van der Waals surface area contributed by atoms with Crippen molar-refractivity contribution in [2.24, 2.45) is 0 Å². The van der Waals surface area contributed by atoms with E-state index in [-0.39, 0.29) is 6.67 Å². The highest BCUT2D eigenvalue weighted by molar-refractivity contribution is 5.97. The lowest BCUT2D eigenvalue weighted by atomic mass is 10.1. The number of benzene rings is 1. The number of H-pyrrole nitrogens is 1. The lowest BCUT2D eigenvalue weighted by molar-refractivity contribution is -0.776. The summed E-state index contributed by atoms with van der Waals surface area (Å²) in [7, 11) is 3.20. The van der Waals surface area contributed by atoms with Crippen LogP contribution < -0.4 is 4.90 Å². The van der Waals surface area contributed by atoms with Gasteiger partial charge in [-0.1, -0.05) is 30.3 Å². The minimum Gasteiger partial charge on any atom is -0.624 e. The minimum atomic E-state index is -0.905. The number of amides is 1. The van der Waals surface area contributed by atoms with Crippen molar-refractivity contribution in [3.05, 3.63) is 47.3 Å². The highest BCUT2D eigenvalue weighted by atomic mass is 16.6. The average molecular weight is 257 g/mol. The number of nitrogens with one attached hydrogen (secondary N) is 1. The van der Waals surface area contributed by atoms with E-state index in [4.69, 9.17) is 0 Å². The molecule has 1 amide bonds. The average Bonchev–Trinajstić information content (AvgIpc) is 2.82. The lowest BCUT2D eigenvalue weighted by Gasteiger charge is -2.42. The molecule has 3 rings (SSSR count). The summed E-state index contributed by atoms with van der Waals surface area (Å²) in [6.45, 7) is 0.137. The van der Waals surface area contributed by atoms with Gasteiger partial charge >= 0.3 is 5.91 Å². The molecule has 2 aromatic rings. The SMILES string of the molecule is CN1C[N+](C)([O-])C(=O)c2[nH]c(-c3ccccc3)cc21. The molecule has 0 saturated heterocycles. The Bertz CT molecular complexity index is 631. The molecule has 19 heavy (non-hydrogen) atoms. The molecule has 98 valence electrons. The van der Waals surface area contributed by atoms with Crippen LogP contribution in [0.2, 0.25) is 0 Å². The van der Waals surface area contributed by atoms with Crippen LogP contribution >= 0.6 is 0 Å². The first-order valence-corrected chi connectivity index (χ1v) is 6.10. The zero-order valence-corrected chi connectivity index (χ0v) is 10.9. The maximum Gasteiger partial charge on any atom is 0.365 e. The standard InChI is InChI=1S/C14H15N3O2/c1-16-9-17(2,19)14(18)13-12(16)8-11(15-13)10-6-4-3-5-7-10/h3-8,15H,9H2,1-2H3. The van der Waals surface area contributed by atoms with Gasteiger partial charge in [0.15, 0.2) is 12.4 Å². The third-order valence-electron chi connectivity index (χ3n) is 3.42. The van der Waals surface area contributed by atoms with Crippen LogP contribution in [-0.4, -0.2) is 36.3 Å². The molecule has 1 aromatic carbocycles. The number of nitrogens with zero attached hydrogens (tertiary/aromatic N) is 2. The molecule has 1 unspecified atom stereocenters. The van der Waals surface area contributed by atoms with Crippen LogP contribution in [-0.2, 0) is 0 Å². The fraction of sp³-hybridized carbons (Fsp3) is 0.214. The molecule has 5 heteroatoms. The van der Waals surface area contributed by atoms with E-state index < -0.39 is 10.6 Å². The van der Waals surface area contributed by atoms with Crippen LogP contribution in [0.25, 0.3) is 11.3 Å². The van der Waals surface area contributed by atoms with Crippen molar-refractivity contribution in [3.8, 4) is 11.3 Å². The molecule has 1 aromatic heterocycles. The first kappa shape index (κ1) is 12.0. The molecule has 0 spiro atoms. The Morgan fingerprint density at radius 2 is 2.00 bits per heavy atom. The number of carbonyl (C=O) groups excluding carboxylic acids is 1. The number of carbonyl (C=O) groups is 1. The number of fused-ring (bicyclic) bond motifs is 1. The van der Waals surface area contributed by atoms with Crippen molar-refractivity contribution in [1.82, 2.24) is 4.98 Å². The largest absolute Gasteiger partial charge is 0.624 e. The third kappa shape index (κ3) is 1.83. The third-order valence-corrected chi connectivity index (χ3v) is 3.42. The lowest BCUT2D eigenvalue weighted by Crippen LogP contribution is -2.54. The first-order chi connectivity index (χ1) is 8.99. The van der Waals surface area contributed by atoms with Gasteiger partial charge in [-0.3, -0.25) is 4.65 Å². The number of aromatic nitrogens is 1. The first-order valence-electron chi connectivity index (χ1n) is 6.10. The van der Waals surface area contributed by atoms with E-state index in [0.717, 1.165) is 16.9 Å². The monoisotopic (exact) mass is 257 g/mol. The van der Waals surface area contributed by atoms with Gasteiger partial charge in [-0.05, 0) is 11.6 Å². The number of hydrogen-bond acceptors (Lipinski definition) is 3. The number of anilines is 1. The Kier molecular flexibility index (Phi) is 2.48. The summed E-state index contributed by atoms with van der Waals surface area (Å²) < 4.78 is -0.905. The van der Waals surface area contributed by atoms with Crippen LogP contribution in [0, 0.1) is 5.21 Å². The summed E-state index contributed by atoms with van der Waals surface area (Å²) in [5.41, 5.74) is 3.03. The molecule has 1 aliphatic heterocycles. The maximum absolute atomic E-state index is 12.1. The van der Waals surface area contributed by atoms with Crippen LogP contribution in [0.15, 0.2) is 36.4 Å². The van der Waals surface area contributed by atoms with Crippen LogP contribution in [0.4, 0.5) is 5.69 Å². The van der Waals surface area contributed by atoms with Crippen LogP contribution in [0.3, 0.4) is 0 Å². The molecule has 1 atom stereocenters. The number of rotatable bonds is 1. The minimum absolute atomic E-state index is 0.137. The second-order valence-electron chi connectivity index (χ2n) is 5.05. The predicted octanol–water partition coefficient (Wildman–Crippen LogP) is 2.17. The van der Waals surface area contributed by atoms with Crippen molar-refractivity contribution < 1.29 is 9.44 Å². The van der Waals surface area contributed by atoms with E-state index >= 15 is 0 Å². The van der Waals surface area contributed by atoms with Gasteiger partial charge in [0.1, 0.15) is 0 Å². The predicted molar refractivity (Wildman–Crippen MR) is 73.4 cm³/mol. The molecule has 0 saturated carbocycles. The van der Waals surface area contributed by atoms with Gasteiger partial charge in [-0.25, -0.2) is 4.79 Å². The van der Waals surface area contributed by atoms with Gasteiger partial charge in [0.2, 0.25) is 0 Å². The Labute approximate surface area is 111 Å². The molecule has 1 N–H and O–H groups in total. The quantitative estimate of drug-likeness (QED) is 0.629. The fourth-order valence-electron chi connectivity index (χ4n) is 2.46. The molecule has 0 radical (unpaired) electrons. The van der Waals surface area contributed by atoms with Gasteiger partial charge in [0.25, 0.3) is 0 Å². The zero-order chi connectivity index (χ0) is 13.6. The molecular formula is C14H15N3O2. The molecule has 0 bridgehead atoms. The van der Waals surface area contributed by atoms with E-state index in [0.29, 0.717) is 5.69 Å². The van der Waals surface area contributed by atoms with Crippen LogP contribution in [0.5, 0.6) is 0 Å². The zero-order valence-electron chi connectivity index (χ0n) is 10.9. The van der Waals surface area contributed by atoms with E-state index in [1.165, 1.54) is 7.05 Å². The van der Waals surface area contributed by atoms with Gasteiger partial charge in [0.05, 0.1) is 12.7 Å². The Balaban J connectivity index is 2.11. The summed E-state index contributed by atoms with van der Waals surface area (Å²) >= 11 is 0. The highest BCUT2D eigenvalue weighted by Gasteiger charge is 2.36. The summed E-state index contributed by atoms with van der Waals surface area (Å²) in [6.07, 6.45) is 0. The Morgan fingerprint density at radius 1 is 1.32 bits per heavy atom. The topological polar surface area (TPSA) is 59.2 Å². The fourth-order valence-corrected chi connectivity index (χ4v) is 2.46. The molecule has 1 aliphatic rings. The Morgan fingerprint density at radius 3 is 2.68 bits per heavy atom. The second-order valence-corrected chi connectivity index (χ2v) is 5.05. The van der Waals surface area contributed by atoms with Crippen molar-refractivity contribution in [1.29, 1.82) is 0 Å². The molecular weight excluding hydrogens is 242 g/mol. The summed E-state index contributed by atoms with van der Waals surface area (Å²) in [5.74, 6) is -0.421. The number of hydrogen-bond donors (Lipinski definition) is 1. The van der Waals surface area contributed by atoms with Gasteiger partial charge in [-0.2, -0.15) is 0 Å². The van der Waals surface area contributed by atoms with Crippen molar-refractivity contribution in [2.75, 3.05) is 25.7 Å². The van der Waals surface area contributed by atoms with Gasteiger partial charge < -0.3 is 15.1 Å².